The van der Waals surface area contributed by atoms with Crippen LogP contribution in [0.3, 0.4) is 0 Å². The Bertz CT molecular complexity index is 2290. The molecule has 1 fully saturated rings. The lowest BCUT2D eigenvalue weighted by Gasteiger charge is -2.39. The van der Waals surface area contributed by atoms with E-state index < -0.39 is 17.5 Å². The van der Waals surface area contributed by atoms with Crippen LogP contribution in [0.25, 0.3) is 32.2 Å². The van der Waals surface area contributed by atoms with E-state index in [1.165, 1.54) is 22.1 Å². The molecular formula is C36H32ClF2N7O3S. The number of nitrogens with zero attached hydrogens (tertiary/aromatic N) is 7. The van der Waals surface area contributed by atoms with Gasteiger partial charge in [-0.05, 0) is 51.0 Å². The van der Waals surface area contributed by atoms with Gasteiger partial charge in [-0.1, -0.05) is 23.4 Å². The van der Waals surface area contributed by atoms with Crippen molar-refractivity contribution in [1.29, 1.82) is 5.26 Å². The molecule has 256 valence electrons. The van der Waals surface area contributed by atoms with Crippen LogP contribution < -0.4 is 10.5 Å². The third kappa shape index (κ3) is 6.90. The van der Waals surface area contributed by atoms with Gasteiger partial charge in [-0.25, -0.2) is 23.5 Å². The van der Waals surface area contributed by atoms with Crippen molar-refractivity contribution in [2.24, 2.45) is 0 Å². The molecule has 1 aromatic carbocycles. The summed E-state index contributed by atoms with van der Waals surface area (Å²) >= 11 is 7.65. The number of thiophene rings is 1. The third-order valence-electron chi connectivity index (χ3n) is 8.81. The number of carbonyl (C=O) groups is 1. The maximum absolute atomic E-state index is 14.0. The average Bonchev–Trinajstić information content (AvgIpc) is 3.52. The van der Waals surface area contributed by atoms with Gasteiger partial charge in [-0.2, -0.15) is 5.26 Å². The second-order valence-corrected chi connectivity index (χ2v) is 13.5. The number of pyridine rings is 2. The first-order valence-corrected chi connectivity index (χ1v) is 17.2. The van der Waals surface area contributed by atoms with E-state index in [-0.39, 0.29) is 35.6 Å². The molecule has 1 saturated heterocycles. The number of carboxylic acid groups (broad SMARTS) is 1. The van der Waals surface area contributed by atoms with Crippen molar-refractivity contribution in [2.45, 2.75) is 52.1 Å². The highest BCUT2D eigenvalue weighted by molar-refractivity contribution is 7.18. The summed E-state index contributed by atoms with van der Waals surface area (Å²) < 4.78 is 29.3. The molecule has 0 atom stereocenters. The number of alkyl halides is 2. The molecule has 0 spiro atoms. The highest BCUT2D eigenvalue weighted by Crippen LogP contribution is 2.36. The number of halogens is 3. The number of hydrogen-bond acceptors (Lipinski definition) is 9. The maximum Gasteiger partial charge on any atom is 0.338 e. The van der Waals surface area contributed by atoms with Crippen molar-refractivity contribution < 1.29 is 18.7 Å². The smallest absolute Gasteiger partial charge is 0.338 e. The van der Waals surface area contributed by atoms with Gasteiger partial charge in [-0.3, -0.25) is 19.2 Å². The van der Waals surface area contributed by atoms with Crippen molar-refractivity contribution in [1.82, 2.24) is 24.4 Å². The van der Waals surface area contributed by atoms with E-state index in [0.29, 0.717) is 76.0 Å². The van der Waals surface area contributed by atoms with E-state index in [9.17, 15) is 28.7 Å². The summed E-state index contributed by atoms with van der Waals surface area (Å²) in [4.78, 5) is 42.9. The minimum Gasteiger partial charge on any atom is -0.478 e. The zero-order chi connectivity index (χ0) is 35.7. The quantitative estimate of drug-likeness (QED) is 0.177. The molecule has 1 aliphatic rings. The van der Waals surface area contributed by atoms with Crippen molar-refractivity contribution >= 4 is 55.8 Å². The number of rotatable bonds is 8. The fourth-order valence-corrected chi connectivity index (χ4v) is 7.74. The number of likely N-dealkylation sites (tertiary alicyclic amines) is 1. The van der Waals surface area contributed by atoms with Crippen LogP contribution >= 0.6 is 22.9 Å². The fraction of sp³-hybridized carbons (Fsp3) is 0.333. The number of aromatic carboxylic acids is 1. The van der Waals surface area contributed by atoms with Crippen LogP contribution in [-0.2, 0) is 6.54 Å². The Balaban J connectivity index is 1.34. The topological polar surface area (TPSA) is 128 Å². The number of hydrogen-bond donors (Lipinski definition) is 1. The van der Waals surface area contributed by atoms with E-state index in [1.54, 1.807) is 47.7 Å². The lowest BCUT2D eigenvalue weighted by molar-refractivity contribution is -0.0199. The van der Waals surface area contributed by atoms with E-state index in [2.05, 4.69) is 32.9 Å². The van der Waals surface area contributed by atoms with Crippen LogP contribution in [-0.4, -0.2) is 73.6 Å². The van der Waals surface area contributed by atoms with Crippen molar-refractivity contribution in [3.63, 3.8) is 0 Å². The summed E-state index contributed by atoms with van der Waals surface area (Å²) in [7, 11) is 0. The van der Waals surface area contributed by atoms with Gasteiger partial charge in [0.05, 0.1) is 46.0 Å². The van der Waals surface area contributed by atoms with Gasteiger partial charge < -0.3 is 10.0 Å². The number of piperidine rings is 1. The third-order valence-corrected chi connectivity index (χ3v) is 10.0. The summed E-state index contributed by atoms with van der Waals surface area (Å²) in [5, 5.41) is 22.1. The molecule has 5 heterocycles. The number of aryl methyl sites for hydroxylation is 1. The zero-order valence-electron chi connectivity index (χ0n) is 27.5. The molecule has 0 unspecified atom stereocenters. The van der Waals surface area contributed by atoms with Gasteiger partial charge in [-0.15, -0.1) is 11.3 Å². The maximum atomic E-state index is 14.0. The number of benzene rings is 1. The van der Waals surface area contributed by atoms with Gasteiger partial charge in [0.1, 0.15) is 23.3 Å². The number of aromatic nitrogens is 4. The monoisotopic (exact) mass is 715 g/mol. The molecule has 1 N–H and O–H groups in total. The molecule has 0 aliphatic carbocycles. The lowest BCUT2D eigenvalue weighted by atomic mass is 10.00. The average molecular weight is 716 g/mol. The van der Waals surface area contributed by atoms with Crippen LogP contribution in [0.2, 0.25) is 5.02 Å². The Hall–Kier alpha value is -4.95. The van der Waals surface area contributed by atoms with Gasteiger partial charge >= 0.3 is 5.97 Å². The molecular weight excluding hydrogens is 684 g/mol. The molecule has 14 heteroatoms. The summed E-state index contributed by atoms with van der Waals surface area (Å²) in [6.07, 6.45) is 4.28. The lowest BCUT2D eigenvalue weighted by Crippen LogP contribution is -2.48. The molecule has 6 rings (SSSR count). The van der Waals surface area contributed by atoms with E-state index in [1.807, 2.05) is 11.8 Å². The number of fused-ring (bicyclic) bond motifs is 2. The number of nitriles is 1. The fourth-order valence-electron chi connectivity index (χ4n) is 6.54. The van der Waals surface area contributed by atoms with Gasteiger partial charge in [0.25, 0.3) is 11.5 Å². The summed E-state index contributed by atoms with van der Waals surface area (Å²) in [6, 6.07) is 9.17. The highest BCUT2D eigenvalue weighted by atomic mass is 35.5. The summed E-state index contributed by atoms with van der Waals surface area (Å²) in [5.41, 5.74) is 2.51. The minimum atomic E-state index is -2.78. The molecule has 0 amide bonds. The highest BCUT2D eigenvalue weighted by Gasteiger charge is 2.32. The van der Waals surface area contributed by atoms with Crippen molar-refractivity contribution in [3.05, 3.63) is 79.9 Å². The standard InChI is InChI=1S/C36H32ClF2N7O3S/c1-4-45(24-10-14-44(15-11-24)20-36(3,38)39)33-27(17-40)30-29(18-42-33)43-21(2)46(34(30)47)13-5-6-22-7-8-23(37)16-26(22)25-9-12-41-31-28(35(48)49)19-50-32(25)31/h7-9,12,16,18-19,24H,4,10-11,13-15,20H2,1-3H3,(H,48,49). The Morgan fingerprint density at radius 1 is 1.22 bits per heavy atom. The molecule has 10 nitrogen and oxygen atoms in total. The van der Waals surface area contributed by atoms with E-state index in [0.717, 1.165) is 12.5 Å². The first-order chi connectivity index (χ1) is 23.9. The molecule has 0 saturated carbocycles. The van der Waals surface area contributed by atoms with Crippen molar-refractivity contribution in [2.75, 3.05) is 31.1 Å². The Morgan fingerprint density at radius 3 is 2.66 bits per heavy atom. The Kier molecular flexibility index (Phi) is 9.85. The number of anilines is 1. The predicted octanol–water partition coefficient (Wildman–Crippen LogP) is 6.60. The van der Waals surface area contributed by atoms with Crippen LogP contribution in [0, 0.1) is 30.1 Å². The van der Waals surface area contributed by atoms with Crippen LogP contribution in [0.1, 0.15) is 54.0 Å². The molecule has 50 heavy (non-hydrogen) atoms. The minimum absolute atomic E-state index is 0.0237. The summed E-state index contributed by atoms with van der Waals surface area (Å²) in [6.45, 7) is 5.71. The summed E-state index contributed by atoms with van der Waals surface area (Å²) in [5.74, 6) is 3.16. The van der Waals surface area contributed by atoms with Crippen molar-refractivity contribution in [3.8, 4) is 29.0 Å². The molecule has 1 aliphatic heterocycles. The van der Waals surface area contributed by atoms with E-state index >= 15 is 0 Å². The normalized spacial score (nSPS) is 14.0. The second-order valence-electron chi connectivity index (χ2n) is 12.2. The second kappa shape index (κ2) is 14.1. The molecule has 5 aromatic rings. The molecule has 0 radical (unpaired) electrons. The Morgan fingerprint density at radius 2 is 1.98 bits per heavy atom. The predicted molar refractivity (Wildman–Crippen MR) is 190 cm³/mol. The van der Waals surface area contributed by atoms with Gasteiger partial charge in [0.2, 0.25) is 0 Å². The first-order valence-electron chi connectivity index (χ1n) is 16.0. The van der Waals surface area contributed by atoms with Crippen LogP contribution in [0.5, 0.6) is 0 Å². The first kappa shape index (κ1) is 34.9. The molecule has 4 aromatic heterocycles. The zero-order valence-corrected chi connectivity index (χ0v) is 29.1. The number of carboxylic acids is 1. The van der Waals surface area contributed by atoms with Gasteiger partial charge in [0, 0.05) is 65.9 Å². The van der Waals surface area contributed by atoms with E-state index in [4.69, 9.17) is 11.6 Å². The van der Waals surface area contributed by atoms with Crippen LogP contribution in [0.15, 0.2) is 46.8 Å². The largest absolute Gasteiger partial charge is 0.478 e. The van der Waals surface area contributed by atoms with Gasteiger partial charge in [0.15, 0.2) is 0 Å². The molecule has 0 bridgehead atoms. The van der Waals surface area contributed by atoms with Crippen LogP contribution in [0.4, 0.5) is 14.6 Å². The SMILES string of the molecule is CCN(c1ncc2nc(C)n(CC#Cc3ccc(Cl)cc3-c3ccnc4c(C(=O)O)csc34)c(=O)c2c1C#N)C1CCN(CC(C)(F)F)CC1. The Labute approximate surface area is 295 Å².